The summed E-state index contributed by atoms with van der Waals surface area (Å²) in [4.78, 5) is 32.7. The molecule has 128 valence electrons. The highest BCUT2D eigenvalue weighted by Crippen LogP contribution is 2.36. The zero-order valence-electron chi connectivity index (χ0n) is 12.7. The highest BCUT2D eigenvalue weighted by Gasteiger charge is 2.35. The van der Waals surface area contributed by atoms with Crippen molar-refractivity contribution in [2.75, 3.05) is 0 Å². The number of nitro groups is 2. The summed E-state index contributed by atoms with van der Waals surface area (Å²) in [5.74, 6) is -0.302. The quantitative estimate of drug-likeness (QED) is 0.607. The van der Waals surface area contributed by atoms with E-state index >= 15 is 0 Å². The number of amides is 1. The number of carbonyl (C=O) groups is 1. The first-order valence-corrected chi connectivity index (χ1v) is 7.72. The molecule has 0 saturated carbocycles. The molecule has 0 bridgehead atoms. The maximum absolute atomic E-state index is 11.8. The second-order valence-electron chi connectivity index (χ2n) is 4.98. The van der Waals surface area contributed by atoms with Gasteiger partial charge in [-0.3, -0.25) is 25.0 Å². The first-order chi connectivity index (χ1) is 11.9. The van der Waals surface area contributed by atoms with Crippen molar-refractivity contribution in [1.29, 1.82) is 0 Å². The standard InChI is InChI=1S/C14H10N4O6S/c1-8(19)16-14(11-6-7-12(25-11)18(22)23)24-13(15-16)9-2-4-10(5-3-9)17(20)21/h2-7,14H,1H3. The first kappa shape index (κ1) is 16.5. The lowest BCUT2D eigenvalue weighted by Gasteiger charge is -2.17. The SMILES string of the molecule is CC(=O)N1N=C(c2ccc([N+](=O)[O-])cc2)OC1c1ccc([N+](=O)[O-])s1. The van der Waals surface area contributed by atoms with Crippen molar-refractivity contribution in [3.05, 3.63) is 67.1 Å². The summed E-state index contributed by atoms with van der Waals surface area (Å²) in [6, 6.07) is 8.32. The van der Waals surface area contributed by atoms with Gasteiger partial charge in [0, 0.05) is 30.7 Å². The Hall–Kier alpha value is -3.34. The van der Waals surface area contributed by atoms with E-state index in [1.165, 1.54) is 43.3 Å². The highest BCUT2D eigenvalue weighted by molar-refractivity contribution is 7.15. The topological polar surface area (TPSA) is 128 Å². The van der Waals surface area contributed by atoms with Crippen LogP contribution >= 0.6 is 11.3 Å². The van der Waals surface area contributed by atoms with E-state index in [-0.39, 0.29) is 16.6 Å². The molecule has 1 amide bonds. The van der Waals surface area contributed by atoms with Crippen molar-refractivity contribution >= 4 is 33.8 Å². The summed E-state index contributed by atoms with van der Waals surface area (Å²) < 4.78 is 5.67. The average Bonchev–Trinajstić information content (AvgIpc) is 3.22. The van der Waals surface area contributed by atoms with E-state index < -0.39 is 22.0 Å². The number of ether oxygens (including phenoxy) is 1. The molecule has 11 heteroatoms. The van der Waals surface area contributed by atoms with Crippen LogP contribution in [0.25, 0.3) is 0 Å². The summed E-state index contributed by atoms with van der Waals surface area (Å²) in [6.07, 6.45) is -0.915. The molecule has 1 aliphatic heterocycles. The molecule has 1 atom stereocenters. The Morgan fingerprint density at radius 2 is 1.84 bits per heavy atom. The Bertz CT molecular complexity index is 891. The van der Waals surface area contributed by atoms with Crippen LogP contribution in [0.3, 0.4) is 0 Å². The van der Waals surface area contributed by atoms with Gasteiger partial charge in [0.25, 0.3) is 5.69 Å². The molecular weight excluding hydrogens is 352 g/mol. The third-order valence-electron chi connectivity index (χ3n) is 3.33. The van der Waals surface area contributed by atoms with Crippen LogP contribution in [0.15, 0.2) is 41.5 Å². The van der Waals surface area contributed by atoms with Crippen LogP contribution in [0.4, 0.5) is 10.7 Å². The maximum Gasteiger partial charge on any atom is 0.324 e. The number of hydrogen-bond donors (Lipinski definition) is 0. The van der Waals surface area contributed by atoms with Gasteiger partial charge in [-0.1, -0.05) is 11.3 Å². The van der Waals surface area contributed by atoms with Gasteiger partial charge in [-0.25, -0.2) is 0 Å². The largest absolute Gasteiger partial charge is 0.445 e. The van der Waals surface area contributed by atoms with Crippen LogP contribution in [0.1, 0.15) is 23.6 Å². The summed E-state index contributed by atoms with van der Waals surface area (Å²) in [7, 11) is 0. The van der Waals surface area contributed by atoms with Gasteiger partial charge >= 0.3 is 5.00 Å². The van der Waals surface area contributed by atoms with Crippen molar-refractivity contribution in [2.45, 2.75) is 13.2 Å². The molecule has 0 fully saturated rings. The molecule has 0 spiro atoms. The van der Waals surface area contributed by atoms with Gasteiger partial charge < -0.3 is 4.74 Å². The zero-order valence-corrected chi connectivity index (χ0v) is 13.5. The monoisotopic (exact) mass is 362 g/mol. The van der Waals surface area contributed by atoms with E-state index in [1.54, 1.807) is 0 Å². The molecule has 0 radical (unpaired) electrons. The van der Waals surface area contributed by atoms with Crippen molar-refractivity contribution in [3.63, 3.8) is 0 Å². The Morgan fingerprint density at radius 3 is 2.36 bits per heavy atom. The predicted molar refractivity (Wildman–Crippen MR) is 87.0 cm³/mol. The van der Waals surface area contributed by atoms with Gasteiger partial charge in [0.05, 0.1) is 14.7 Å². The fourth-order valence-electron chi connectivity index (χ4n) is 2.17. The van der Waals surface area contributed by atoms with E-state index in [9.17, 15) is 25.0 Å². The van der Waals surface area contributed by atoms with Crippen LogP contribution in [0, 0.1) is 20.2 Å². The molecular formula is C14H10N4O6S. The number of thiophene rings is 1. The molecule has 0 saturated heterocycles. The van der Waals surface area contributed by atoms with Gasteiger partial charge in [-0.05, 0) is 18.2 Å². The molecule has 25 heavy (non-hydrogen) atoms. The Kier molecular flexibility index (Phi) is 4.15. The predicted octanol–water partition coefficient (Wildman–Crippen LogP) is 2.80. The fourth-order valence-corrected chi connectivity index (χ4v) is 3.01. The Balaban J connectivity index is 1.89. The normalized spacial score (nSPS) is 16.3. The van der Waals surface area contributed by atoms with E-state index in [4.69, 9.17) is 4.74 Å². The second-order valence-corrected chi connectivity index (χ2v) is 6.07. The number of benzene rings is 1. The fraction of sp³-hybridized carbons (Fsp3) is 0.143. The van der Waals surface area contributed by atoms with Crippen LogP contribution < -0.4 is 0 Å². The lowest BCUT2D eigenvalue weighted by Crippen LogP contribution is -2.24. The third kappa shape index (κ3) is 3.17. The average molecular weight is 362 g/mol. The van der Waals surface area contributed by atoms with Crippen molar-refractivity contribution in [3.8, 4) is 0 Å². The molecule has 1 aromatic carbocycles. The van der Waals surface area contributed by atoms with Crippen LogP contribution in [0.5, 0.6) is 0 Å². The molecule has 1 aliphatic rings. The highest BCUT2D eigenvalue weighted by atomic mass is 32.1. The van der Waals surface area contributed by atoms with Gasteiger partial charge in [0.2, 0.25) is 18.0 Å². The van der Waals surface area contributed by atoms with E-state index in [2.05, 4.69) is 5.10 Å². The number of nitro benzene ring substituents is 1. The van der Waals surface area contributed by atoms with Crippen molar-refractivity contribution < 1.29 is 19.4 Å². The summed E-state index contributed by atoms with van der Waals surface area (Å²) in [5.41, 5.74) is 0.363. The van der Waals surface area contributed by atoms with Gasteiger partial charge in [0.15, 0.2) is 0 Å². The van der Waals surface area contributed by atoms with Gasteiger partial charge in [-0.15, -0.1) is 5.10 Å². The molecule has 1 unspecified atom stereocenters. The minimum atomic E-state index is -0.915. The maximum atomic E-state index is 11.8. The number of hydrazone groups is 1. The third-order valence-corrected chi connectivity index (χ3v) is 4.40. The van der Waals surface area contributed by atoms with Crippen molar-refractivity contribution in [2.24, 2.45) is 5.10 Å². The van der Waals surface area contributed by atoms with Crippen LogP contribution in [0.2, 0.25) is 0 Å². The smallest absolute Gasteiger partial charge is 0.324 e. The van der Waals surface area contributed by atoms with Crippen molar-refractivity contribution in [1.82, 2.24) is 5.01 Å². The van der Waals surface area contributed by atoms with Gasteiger partial charge in [0.1, 0.15) is 0 Å². The zero-order chi connectivity index (χ0) is 18.1. The van der Waals surface area contributed by atoms with E-state index in [0.29, 0.717) is 10.4 Å². The number of rotatable bonds is 4. The number of hydrogen-bond acceptors (Lipinski definition) is 8. The lowest BCUT2D eigenvalue weighted by molar-refractivity contribution is -0.384. The van der Waals surface area contributed by atoms with Gasteiger partial charge in [-0.2, -0.15) is 5.01 Å². The number of nitrogens with zero attached hydrogens (tertiary/aromatic N) is 4. The number of carbonyl (C=O) groups excluding carboxylic acids is 1. The second kappa shape index (κ2) is 6.28. The Morgan fingerprint density at radius 1 is 1.16 bits per heavy atom. The molecule has 1 aromatic heterocycles. The molecule has 10 nitrogen and oxygen atoms in total. The summed E-state index contributed by atoms with van der Waals surface area (Å²) in [6.45, 7) is 1.29. The first-order valence-electron chi connectivity index (χ1n) is 6.91. The summed E-state index contributed by atoms with van der Waals surface area (Å²) >= 11 is 0.882. The van der Waals surface area contributed by atoms with Crippen LogP contribution in [-0.4, -0.2) is 26.7 Å². The van der Waals surface area contributed by atoms with E-state index in [1.807, 2.05) is 0 Å². The van der Waals surface area contributed by atoms with E-state index in [0.717, 1.165) is 16.3 Å². The minimum absolute atomic E-state index is 0.0779. The molecule has 2 heterocycles. The summed E-state index contributed by atoms with van der Waals surface area (Å²) in [5, 5.41) is 26.6. The lowest BCUT2D eigenvalue weighted by atomic mass is 10.2. The molecule has 3 rings (SSSR count). The van der Waals surface area contributed by atoms with Crippen LogP contribution in [-0.2, 0) is 9.53 Å². The minimum Gasteiger partial charge on any atom is -0.445 e. The Labute approximate surface area is 144 Å². The molecule has 0 aliphatic carbocycles. The molecule has 0 N–H and O–H groups in total. The number of non-ortho nitro benzene ring substituents is 1. The molecule has 2 aromatic rings.